The second-order valence-electron chi connectivity index (χ2n) is 4.21. The average Bonchev–Trinajstić information content (AvgIpc) is 2.77. The zero-order valence-electron chi connectivity index (χ0n) is 8.45. The predicted molar refractivity (Wildman–Crippen MR) is 57.5 cm³/mol. The van der Waals surface area contributed by atoms with Gasteiger partial charge in [-0.25, -0.2) is 4.98 Å². The summed E-state index contributed by atoms with van der Waals surface area (Å²) in [6.45, 7) is 2.01. The fourth-order valence-electron chi connectivity index (χ4n) is 2.25. The van der Waals surface area contributed by atoms with Gasteiger partial charge in [-0.3, -0.25) is 0 Å². The second kappa shape index (κ2) is 3.81. The Bertz CT molecular complexity index is 326. The van der Waals surface area contributed by atoms with E-state index in [1.165, 1.54) is 24.0 Å². The smallest absolute Gasteiger partial charge is 0.126 e. The third-order valence-electron chi connectivity index (χ3n) is 3.04. The van der Waals surface area contributed by atoms with Crippen LogP contribution in [0, 0.1) is 12.3 Å². The minimum Gasteiger partial charge on any atom is -0.303 e. The minimum absolute atomic E-state index is 0.0566. The van der Waals surface area contributed by atoms with E-state index >= 15 is 0 Å². The van der Waals surface area contributed by atoms with Crippen molar-refractivity contribution in [2.75, 3.05) is 0 Å². The van der Waals surface area contributed by atoms with Crippen molar-refractivity contribution in [1.82, 2.24) is 4.98 Å². The van der Waals surface area contributed by atoms with Crippen LogP contribution in [0.1, 0.15) is 35.6 Å². The summed E-state index contributed by atoms with van der Waals surface area (Å²) in [4.78, 5) is 16.6. The molecule has 0 radical (unpaired) electrons. The van der Waals surface area contributed by atoms with Gasteiger partial charge in [0.05, 0.1) is 5.01 Å². The Morgan fingerprint density at radius 1 is 1.57 bits per heavy atom. The fraction of sp³-hybridized carbons (Fsp3) is 0.636. The summed E-state index contributed by atoms with van der Waals surface area (Å²) in [5.74, 6) is 0. The second-order valence-corrected chi connectivity index (χ2v) is 5.53. The normalized spacial score (nSPS) is 19.8. The summed E-state index contributed by atoms with van der Waals surface area (Å²) in [5, 5.41) is 1.10. The minimum atomic E-state index is -0.0566. The SMILES string of the molecule is Cc1ncc(CC2(C=O)CCCC2)s1. The highest BCUT2D eigenvalue weighted by atomic mass is 32.1. The van der Waals surface area contributed by atoms with E-state index < -0.39 is 0 Å². The highest BCUT2D eigenvalue weighted by molar-refractivity contribution is 7.11. The van der Waals surface area contributed by atoms with Crippen molar-refractivity contribution < 1.29 is 4.79 Å². The number of aldehydes is 1. The first kappa shape index (κ1) is 9.84. The molecule has 0 N–H and O–H groups in total. The standard InChI is InChI=1S/C11H15NOS/c1-9-12-7-10(14-9)6-11(8-13)4-2-3-5-11/h7-8H,2-6H2,1H3. The highest BCUT2D eigenvalue weighted by Crippen LogP contribution is 2.39. The lowest BCUT2D eigenvalue weighted by atomic mass is 9.84. The van der Waals surface area contributed by atoms with Crippen LogP contribution in [0.15, 0.2) is 6.20 Å². The van der Waals surface area contributed by atoms with Gasteiger partial charge < -0.3 is 4.79 Å². The molecule has 1 aliphatic rings. The van der Waals surface area contributed by atoms with Crippen molar-refractivity contribution in [2.24, 2.45) is 5.41 Å². The molecule has 0 spiro atoms. The van der Waals surface area contributed by atoms with Crippen LogP contribution in [0.4, 0.5) is 0 Å². The van der Waals surface area contributed by atoms with E-state index in [2.05, 4.69) is 4.98 Å². The van der Waals surface area contributed by atoms with E-state index in [1.54, 1.807) is 11.3 Å². The third-order valence-corrected chi connectivity index (χ3v) is 3.96. The Balaban J connectivity index is 2.11. The highest BCUT2D eigenvalue weighted by Gasteiger charge is 2.34. The Morgan fingerprint density at radius 3 is 2.79 bits per heavy atom. The maximum absolute atomic E-state index is 11.1. The molecule has 0 unspecified atom stereocenters. The molecule has 1 aromatic rings. The van der Waals surface area contributed by atoms with E-state index in [-0.39, 0.29) is 5.41 Å². The molecule has 1 saturated carbocycles. The van der Waals surface area contributed by atoms with Crippen molar-refractivity contribution >= 4 is 17.6 Å². The lowest BCUT2D eigenvalue weighted by Gasteiger charge is -2.19. The fourth-order valence-corrected chi connectivity index (χ4v) is 3.20. The number of hydrogen-bond acceptors (Lipinski definition) is 3. The molecule has 0 bridgehead atoms. The summed E-state index contributed by atoms with van der Waals surface area (Å²) in [6.07, 6.45) is 8.54. The van der Waals surface area contributed by atoms with Gasteiger partial charge in [-0.1, -0.05) is 12.8 Å². The maximum atomic E-state index is 11.1. The number of nitrogens with zero attached hydrogens (tertiary/aromatic N) is 1. The number of hydrogen-bond donors (Lipinski definition) is 0. The Hall–Kier alpha value is -0.700. The van der Waals surface area contributed by atoms with Crippen molar-refractivity contribution in [3.8, 4) is 0 Å². The molecule has 1 fully saturated rings. The number of aryl methyl sites for hydroxylation is 1. The molecular weight excluding hydrogens is 194 g/mol. The van der Waals surface area contributed by atoms with Crippen molar-refractivity contribution in [3.63, 3.8) is 0 Å². The molecule has 2 nitrogen and oxygen atoms in total. The van der Waals surface area contributed by atoms with Crippen LogP contribution in [0.25, 0.3) is 0 Å². The van der Waals surface area contributed by atoms with Gasteiger partial charge in [-0.2, -0.15) is 0 Å². The van der Waals surface area contributed by atoms with Crippen LogP contribution in [0.3, 0.4) is 0 Å². The van der Waals surface area contributed by atoms with Gasteiger partial charge in [0.25, 0.3) is 0 Å². The van der Waals surface area contributed by atoms with Gasteiger partial charge in [0.2, 0.25) is 0 Å². The van der Waals surface area contributed by atoms with Gasteiger partial charge in [0.15, 0.2) is 0 Å². The topological polar surface area (TPSA) is 30.0 Å². The van der Waals surface area contributed by atoms with Crippen LogP contribution in [0.2, 0.25) is 0 Å². The summed E-state index contributed by atoms with van der Waals surface area (Å²) in [7, 11) is 0. The predicted octanol–water partition coefficient (Wildman–Crippen LogP) is 2.75. The zero-order valence-corrected chi connectivity index (χ0v) is 9.27. The summed E-state index contributed by atoms with van der Waals surface area (Å²) in [6, 6.07) is 0. The van der Waals surface area contributed by atoms with Gasteiger partial charge in [0, 0.05) is 16.5 Å². The molecule has 76 valence electrons. The van der Waals surface area contributed by atoms with Crippen molar-refractivity contribution in [1.29, 1.82) is 0 Å². The van der Waals surface area contributed by atoms with Gasteiger partial charge in [-0.05, 0) is 26.2 Å². The summed E-state index contributed by atoms with van der Waals surface area (Å²) >= 11 is 1.72. The molecule has 1 heterocycles. The van der Waals surface area contributed by atoms with Crippen LogP contribution >= 0.6 is 11.3 Å². The van der Waals surface area contributed by atoms with Gasteiger partial charge in [-0.15, -0.1) is 11.3 Å². The summed E-state index contributed by atoms with van der Waals surface area (Å²) < 4.78 is 0. The van der Waals surface area contributed by atoms with E-state index in [4.69, 9.17) is 0 Å². The maximum Gasteiger partial charge on any atom is 0.126 e. The number of thiazole rings is 1. The number of carbonyl (C=O) groups excluding carboxylic acids is 1. The van der Waals surface area contributed by atoms with E-state index in [0.29, 0.717) is 0 Å². The zero-order chi connectivity index (χ0) is 10.0. The van der Waals surface area contributed by atoms with E-state index in [1.807, 2.05) is 13.1 Å². The van der Waals surface area contributed by atoms with Gasteiger partial charge >= 0.3 is 0 Å². The van der Waals surface area contributed by atoms with Crippen LogP contribution in [-0.4, -0.2) is 11.3 Å². The third kappa shape index (κ3) is 1.87. The first-order chi connectivity index (χ1) is 6.74. The molecule has 0 aliphatic heterocycles. The van der Waals surface area contributed by atoms with E-state index in [9.17, 15) is 4.79 Å². The lowest BCUT2D eigenvalue weighted by Crippen LogP contribution is -2.20. The molecule has 1 aliphatic carbocycles. The first-order valence-electron chi connectivity index (χ1n) is 5.12. The molecule has 1 aromatic heterocycles. The molecule has 3 heteroatoms. The average molecular weight is 209 g/mol. The Morgan fingerprint density at radius 2 is 2.29 bits per heavy atom. The molecule has 0 amide bonds. The quantitative estimate of drug-likeness (QED) is 0.716. The lowest BCUT2D eigenvalue weighted by molar-refractivity contribution is -0.115. The van der Waals surface area contributed by atoms with Crippen molar-refractivity contribution in [3.05, 3.63) is 16.1 Å². The Labute approximate surface area is 88.4 Å². The van der Waals surface area contributed by atoms with Crippen LogP contribution in [0.5, 0.6) is 0 Å². The molecule has 0 aromatic carbocycles. The van der Waals surface area contributed by atoms with Gasteiger partial charge in [0.1, 0.15) is 6.29 Å². The molecule has 0 atom stereocenters. The largest absolute Gasteiger partial charge is 0.303 e. The van der Waals surface area contributed by atoms with Crippen molar-refractivity contribution in [2.45, 2.75) is 39.0 Å². The monoisotopic (exact) mass is 209 g/mol. The molecular formula is C11H15NOS. The number of rotatable bonds is 3. The van der Waals surface area contributed by atoms with Crippen LogP contribution in [-0.2, 0) is 11.2 Å². The Kier molecular flexibility index (Phi) is 2.68. The first-order valence-corrected chi connectivity index (χ1v) is 5.93. The van der Waals surface area contributed by atoms with Crippen LogP contribution < -0.4 is 0 Å². The summed E-state index contributed by atoms with van der Waals surface area (Å²) in [5.41, 5.74) is -0.0566. The number of carbonyl (C=O) groups is 1. The molecule has 2 rings (SSSR count). The van der Waals surface area contributed by atoms with E-state index in [0.717, 1.165) is 24.3 Å². The molecule has 14 heavy (non-hydrogen) atoms. The molecule has 0 saturated heterocycles. The number of aromatic nitrogens is 1.